The van der Waals surface area contributed by atoms with Gasteiger partial charge in [0.1, 0.15) is 20.9 Å². The van der Waals surface area contributed by atoms with Gasteiger partial charge in [0.25, 0.3) is 0 Å². The molecule has 1 aromatic carbocycles. The monoisotopic (exact) mass is 391 g/mol. The summed E-state index contributed by atoms with van der Waals surface area (Å²) < 4.78 is 53.4. The molecule has 2 aromatic rings. The summed E-state index contributed by atoms with van der Waals surface area (Å²) in [7, 11) is -4.05. The first-order valence-electron chi connectivity index (χ1n) is 5.29. The molecule has 3 nitrogen and oxygen atoms in total. The number of thiophene rings is 1. The number of hydrogen-bond donors (Lipinski definition) is 1. The molecule has 0 spiro atoms. The Morgan fingerprint density at radius 3 is 2.43 bits per heavy atom. The third-order valence-corrected chi connectivity index (χ3v) is 5.94. The summed E-state index contributed by atoms with van der Waals surface area (Å²) >= 11 is 17.8. The average molecular weight is 393 g/mol. The van der Waals surface area contributed by atoms with Crippen molar-refractivity contribution in [2.75, 3.05) is 0 Å². The normalized spacial score (nSPS) is 11.9. The van der Waals surface area contributed by atoms with Gasteiger partial charge in [0.05, 0.1) is 9.36 Å². The minimum Gasteiger partial charge on any atom is -0.207 e. The maximum absolute atomic E-state index is 13.7. The first-order chi connectivity index (χ1) is 9.72. The molecule has 1 aromatic heterocycles. The van der Waals surface area contributed by atoms with Crippen LogP contribution in [0, 0.1) is 11.6 Å². The Morgan fingerprint density at radius 2 is 1.86 bits per heavy atom. The van der Waals surface area contributed by atoms with Crippen LogP contribution in [0.15, 0.2) is 23.1 Å². The first-order valence-corrected chi connectivity index (χ1v) is 8.72. The third-order valence-electron chi connectivity index (χ3n) is 2.49. The number of hydrogen-bond acceptors (Lipinski definition) is 3. The Kier molecular flexibility index (Phi) is 5.12. The number of benzene rings is 1. The van der Waals surface area contributed by atoms with E-state index in [0.29, 0.717) is 0 Å². The van der Waals surface area contributed by atoms with Gasteiger partial charge < -0.3 is 0 Å². The van der Waals surface area contributed by atoms with Crippen LogP contribution in [0.1, 0.15) is 5.56 Å². The number of nitrogens with one attached hydrogen (secondary N) is 1. The van der Waals surface area contributed by atoms with E-state index in [1.165, 1.54) is 0 Å². The molecule has 0 atom stereocenters. The van der Waals surface area contributed by atoms with E-state index in [0.717, 1.165) is 29.5 Å². The minimum absolute atomic E-state index is 0.0421. The van der Waals surface area contributed by atoms with Crippen molar-refractivity contribution in [1.82, 2.24) is 4.72 Å². The first kappa shape index (κ1) is 16.9. The smallest absolute Gasteiger partial charge is 0.207 e. The molecule has 2 rings (SSSR count). The van der Waals surface area contributed by atoms with Crippen molar-refractivity contribution in [1.29, 1.82) is 0 Å². The van der Waals surface area contributed by atoms with Crippen LogP contribution < -0.4 is 4.72 Å². The zero-order chi connectivity index (χ0) is 15.8. The SMILES string of the molecule is O=S(=O)(NCc1c(F)ccc(Cl)c1F)c1cc(Cl)sc1Cl. The number of halogens is 5. The van der Waals surface area contributed by atoms with E-state index in [4.69, 9.17) is 34.8 Å². The molecular weight excluding hydrogens is 387 g/mol. The highest BCUT2D eigenvalue weighted by atomic mass is 35.5. The zero-order valence-electron chi connectivity index (χ0n) is 9.96. The lowest BCUT2D eigenvalue weighted by Crippen LogP contribution is -2.24. The standard InChI is InChI=1S/C11H6Cl3F2NO2S2/c12-6-1-2-7(15)5(10(6)16)4-17-21(18,19)8-3-9(13)20-11(8)14/h1-3,17H,4H2. The average Bonchev–Trinajstić information content (AvgIpc) is 2.74. The maximum Gasteiger partial charge on any atom is 0.243 e. The van der Waals surface area contributed by atoms with E-state index in [1.54, 1.807) is 0 Å². The van der Waals surface area contributed by atoms with Gasteiger partial charge in [0.15, 0.2) is 0 Å². The van der Waals surface area contributed by atoms with Gasteiger partial charge in [0, 0.05) is 12.1 Å². The highest BCUT2D eigenvalue weighted by molar-refractivity contribution is 7.89. The Bertz CT molecular complexity index is 793. The molecule has 0 fully saturated rings. The largest absolute Gasteiger partial charge is 0.243 e. The van der Waals surface area contributed by atoms with E-state index in [9.17, 15) is 17.2 Å². The molecule has 114 valence electrons. The Hall–Kier alpha value is -0.440. The quantitative estimate of drug-likeness (QED) is 0.781. The summed E-state index contributed by atoms with van der Waals surface area (Å²) in [6, 6.07) is 3.14. The van der Waals surface area contributed by atoms with Crippen LogP contribution in [-0.4, -0.2) is 8.42 Å². The second-order valence-electron chi connectivity index (χ2n) is 3.83. The Morgan fingerprint density at radius 1 is 1.19 bits per heavy atom. The predicted molar refractivity (Wildman–Crippen MR) is 79.7 cm³/mol. The summed E-state index contributed by atoms with van der Waals surface area (Å²) in [6.45, 7) is -0.607. The molecule has 0 saturated heterocycles. The van der Waals surface area contributed by atoms with Crippen LogP contribution in [0.3, 0.4) is 0 Å². The topological polar surface area (TPSA) is 46.2 Å². The van der Waals surface area contributed by atoms with E-state index in [2.05, 4.69) is 4.72 Å². The van der Waals surface area contributed by atoms with Gasteiger partial charge in [-0.15, -0.1) is 11.3 Å². The molecule has 0 aliphatic carbocycles. The van der Waals surface area contributed by atoms with Crippen LogP contribution in [-0.2, 0) is 16.6 Å². The fourth-order valence-electron chi connectivity index (χ4n) is 1.48. The van der Waals surface area contributed by atoms with Gasteiger partial charge in [-0.3, -0.25) is 0 Å². The molecule has 1 heterocycles. The van der Waals surface area contributed by atoms with E-state index in [1.807, 2.05) is 0 Å². The van der Waals surface area contributed by atoms with Gasteiger partial charge in [0.2, 0.25) is 10.0 Å². The van der Waals surface area contributed by atoms with Gasteiger partial charge in [-0.05, 0) is 18.2 Å². The van der Waals surface area contributed by atoms with Crippen molar-refractivity contribution in [2.45, 2.75) is 11.4 Å². The van der Waals surface area contributed by atoms with Crippen molar-refractivity contribution >= 4 is 56.2 Å². The second kappa shape index (κ2) is 6.36. The molecule has 0 unspecified atom stereocenters. The summed E-state index contributed by atoms with van der Waals surface area (Å²) in [5.41, 5.74) is -0.483. The van der Waals surface area contributed by atoms with Crippen molar-refractivity contribution in [3.05, 3.63) is 49.1 Å². The lowest BCUT2D eigenvalue weighted by atomic mass is 10.2. The predicted octanol–water partition coefficient (Wildman–Crippen LogP) is 4.47. The summed E-state index contributed by atoms with van der Waals surface area (Å²) in [4.78, 5) is -0.248. The molecular formula is C11H6Cl3F2NO2S2. The van der Waals surface area contributed by atoms with Crippen LogP contribution in [0.4, 0.5) is 8.78 Å². The van der Waals surface area contributed by atoms with E-state index < -0.39 is 33.8 Å². The molecule has 0 saturated carbocycles. The fraction of sp³-hybridized carbons (Fsp3) is 0.0909. The summed E-state index contributed by atoms with van der Waals surface area (Å²) in [5, 5.41) is -0.304. The fourth-order valence-corrected chi connectivity index (χ4v) is 4.80. The van der Waals surface area contributed by atoms with Crippen LogP contribution in [0.5, 0.6) is 0 Å². The lowest BCUT2D eigenvalue weighted by Gasteiger charge is -2.08. The molecule has 0 radical (unpaired) electrons. The van der Waals surface area contributed by atoms with Gasteiger partial charge in [-0.1, -0.05) is 34.8 Å². The van der Waals surface area contributed by atoms with Crippen LogP contribution in [0.2, 0.25) is 13.7 Å². The van der Waals surface area contributed by atoms with Crippen LogP contribution >= 0.6 is 46.1 Å². The molecule has 0 aliphatic rings. The second-order valence-corrected chi connectivity index (χ2v) is 8.26. The minimum atomic E-state index is -4.05. The Labute approximate surface area is 138 Å². The zero-order valence-corrected chi connectivity index (χ0v) is 13.9. The highest BCUT2D eigenvalue weighted by Gasteiger charge is 2.22. The van der Waals surface area contributed by atoms with Gasteiger partial charge >= 0.3 is 0 Å². The highest BCUT2D eigenvalue weighted by Crippen LogP contribution is 2.34. The molecule has 0 amide bonds. The van der Waals surface area contributed by atoms with Crippen molar-refractivity contribution in [3.63, 3.8) is 0 Å². The van der Waals surface area contributed by atoms with E-state index >= 15 is 0 Å². The van der Waals surface area contributed by atoms with Crippen molar-refractivity contribution in [3.8, 4) is 0 Å². The Balaban J connectivity index is 2.28. The summed E-state index contributed by atoms with van der Waals surface area (Å²) in [6.07, 6.45) is 0. The van der Waals surface area contributed by atoms with Gasteiger partial charge in [-0.25, -0.2) is 21.9 Å². The van der Waals surface area contributed by atoms with Crippen LogP contribution in [0.25, 0.3) is 0 Å². The molecule has 10 heteroatoms. The molecule has 21 heavy (non-hydrogen) atoms. The molecule has 1 N–H and O–H groups in total. The van der Waals surface area contributed by atoms with Crippen molar-refractivity contribution in [2.24, 2.45) is 0 Å². The lowest BCUT2D eigenvalue weighted by molar-refractivity contribution is 0.544. The third kappa shape index (κ3) is 3.67. The molecule has 0 aliphatic heterocycles. The number of rotatable bonds is 4. The molecule has 0 bridgehead atoms. The number of sulfonamides is 1. The van der Waals surface area contributed by atoms with Gasteiger partial charge in [-0.2, -0.15) is 0 Å². The van der Waals surface area contributed by atoms with Crippen molar-refractivity contribution < 1.29 is 17.2 Å². The summed E-state index contributed by atoms with van der Waals surface area (Å²) in [5.74, 6) is -1.93. The maximum atomic E-state index is 13.7. The van der Waals surface area contributed by atoms with E-state index in [-0.39, 0.29) is 18.6 Å².